The average molecular weight is 356 g/mol. The van der Waals surface area contributed by atoms with E-state index in [1.807, 2.05) is 60.7 Å². The maximum Gasteiger partial charge on any atom is 0.337 e. The monoisotopic (exact) mass is 356 g/mol. The summed E-state index contributed by atoms with van der Waals surface area (Å²) in [4.78, 5) is 24.2. The van der Waals surface area contributed by atoms with E-state index < -0.39 is 12.0 Å². The van der Waals surface area contributed by atoms with Crippen LogP contribution in [0.25, 0.3) is 21.5 Å². The lowest BCUT2D eigenvalue weighted by molar-refractivity contribution is 0.0698. The Hall–Kier alpha value is -3.86. The van der Waals surface area contributed by atoms with Gasteiger partial charge in [0.1, 0.15) is 0 Å². The summed E-state index contributed by atoms with van der Waals surface area (Å²) >= 11 is 0. The number of carboxylic acids is 1. The second kappa shape index (κ2) is 6.80. The van der Waals surface area contributed by atoms with Gasteiger partial charge in [-0.3, -0.25) is 0 Å². The average Bonchev–Trinajstić information content (AvgIpc) is 2.68. The fourth-order valence-corrected chi connectivity index (χ4v) is 3.19. The highest BCUT2D eigenvalue weighted by Crippen LogP contribution is 2.28. The Morgan fingerprint density at radius 3 is 2.04 bits per heavy atom. The maximum atomic E-state index is 12.6. The van der Waals surface area contributed by atoms with Crippen LogP contribution in [0.3, 0.4) is 0 Å². The molecule has 0 saturated carbocycles. The molecule has 3 N–H and O–H groups in total. The number of carbonyl (C=O) groups is 2. The Labute approximate surface area is 155 Å². The number of rotatable bonds is 3. The van der Waals surface area contributed by atoms with Gasteiger partial charge in [-0.25, -0.2) is 9.59 Å². The summed E-state index contributed by atoms with van der Waals surface area (Å²) in [5.74, 6) is -1.10. The SMILES string of the molecule is O=C(Nc1cccc2ccccc12)Nc1c(C(=O)O)ccc2ccccc12. The van der Waals surface area contributed by atoms with Crippen LogP contribution >= 0.6 is 0 Å². The Kier molecular flexibility index (Phi) is 4.18. The first kappa shape index (κ1) is 16.6. The second-order valence-corrected chi connectivity index (χ2v) is 6.12. The lowest BCUT2D eigenvalue weighted by atomic mass is 10.0. The first-order chi connectivity index (χ1) is 13.1. The largest absolute Gasteiger partial charge is 0.478 e. The predicted octanol–water partition coefficient (Wildman–Crippen LogP) is 5.34. The topological polar surface area (TPSA) is 78.4 Å². The van der Waals surface area contributed by atoms with E-state index in [2.05, 4.69) is 10.6 Å². The second-order valence-electron chi connectivity index (χ2n) is 6.12. The Bertz CT molecular complexity index is 1180. The van der Waals surface area contributed by atoms with Crippen molar-refractivity contribution in [3.05, 3.63) is 84.4 Å². The van der Waals surface area contributed by atoms with Crippen LogP contribution < -0.4 is 10.6 Å². The molecule has 0 aliphatic rings. The van der Waals surface area contributed by atoms with Gasteiger partial charge >= 0.3 is 12.0 Å². The van der Waals surface area contributed by atoms with Crippen LogP contribution in [0.1, 0.15) is 10.4 Å². The summed E-state index contributed by atoms with van der Waals surface area (Å²) in [6.45, 7) is 0. The Morgan fingerprint density at radius 2 is 1.30 bits per heavy atom. The smallest absolute Gasteiger partial charge is 0.337 e. The molecular formula is C22H16N2O3. The number of hydrogen-bond donors (Lipinski definition) is 3. The molecule has 0 fully saturated rings. The molecule has 0 aliphatic carbocycles. The number of hydrogen-bond acceptors (Lipinski definition) is 2. The van der Waals surface area contributed by atoms with Crippen molar-refractivity contribution < 1.29 is 14.7 Å². The zero-order valence-electron chi connectivity index (χ0n) is 14.3. The number of urea groups is 1. The van der Waals surface area contributed by atoms with E-state index in [0.29, 0.717) is 11.1 Å². The molecule has 0 unspecified atom stereocenters. The number of carboxylic acid groups (broad SMARTS) is 1. The Balaban J connectivity index is 1.70. The predicted molar refractivity (Wildman–Crippen MR) is 107 cm³/mol. The van der Waals surface area contributed by atoms with Gasteiger partial charge in [0.15, 0.2) is 0 Å². The summed E-state index contributed by atoms with van der Waals surface area (Å²) in [5, 5.41) is 18.5. The van der Waals surface area contributed by atoms with Gasteiger partial charge in [0.05, 0.1) is 16.9 Å². The standard InChI is InChI=1S/C22H16N2O3/c25-21(26)18-13-12-15-7-2-4-10-17(15)20(18)24-22(27)23-19-11-5-8-14-6-1-3-9-16(14)19/h1-13H,(H,25,26)(H2,23,24,27). The molecule has 0 aliphatic heterocycles. The fourth-order valence-electron chi connectivity index (χ4n) is 3.19. The number of fused-ring (bicyclic) bond motifs is 2. The first-order valence-corrected chi connectivity index (χ1v) is 8.44. The van der Waals surface area contributed by atoms with Gasteiger partial charge in [0, 0.05) is 10.8 Å². The van der Waals surface area contributed by atoms with Gasteiger partial charge in [0.2, 0.25) is 0 Å². The molecular weight excluding hydrogens is 340 g/mol. The summed E-state index contributed by atoms with van der Waals surface area (Å²) in [5.41, 5.74) is 0.975. The molecule has 132 valence electrons. The number of aromatic carboxylic acids is 1. The third-order valence-electron chi connectivity index (χ3n) is 4.44. The summed E-state index contributed by atoms with van der Waals surface area (Å²) in [6.07, 6.45) is 0. The maximum absolute atomic E-state index is 12.6. The van der Waals surface area contributed by atoms with Crippen LogP contribution in [0.5, 0.6) is 0 Å². The minimum atomic E-state index is -1.10. The van der Waals surface area contributed by atoms with Crippen LogP contribution in [0.15, 0.2) is 78.9 Å². The van der Waals surface area contributed by atoms with Crippen molar-refractivity contribution in [1.29, 1.82) is 0 Å². The van der Waals surface area contributed by atoms with Crippen LogP contribution in [-0.2, 0) is 0 Å². The van der Waals surface area contributed by atoms with Crippen molar-refractivity contribution >= 4 is 44.9 Å². The number of carbonyl (C=O) groups excluding carboxylic acids is 1. The molecule has 0 atom stereocenters. The van der Waals surface area contributed by atoms with Gasteiger partial charge in [-0.05, 0) is 22.9 Å². The summed E-state index contributed by atoms with van der Waals surface area (Å²) < 4.78 is 0. The van der Waals surface area contributed by atoms with Crippen LogP contribution in [0.4, 0.5) is 16.2 Å². The number of nitrogens with one attached hydrogen (secondary N) is 2. The molecule has 5 nitrogen and oxygen atoms in total. The molecule has 0 aromatic heterocycles. The minimum Gasteiger partial charge on any atom is -0.478 e. The van der Waals surface area contributed by atoms with E-state index >= 15 is 0 Å². The molecule has 2 amide bonds. The molecule has 4 aromatic rings. The van der Waals surface area contributed by atoms with Crippen LogP contribution in [0, 0.1) is 0 Å². The third-order valence-corrected chi connectivity index (χ3v) is 4.44. The number of benzene rings is 4. The molecule has 0 spiro atoms. The number of amides is 2. The molecule has 5 heteroatoms. The summed E-state index contributed by atoms with van der Waals surface area (Å²) in [6, 6.07) is 23.4. The zero-order chi connectivity index (χ0) is 18.8. The molecule has 0 heterocycles. The highest BCUT2D eigenvalue weighted by Gasteiger charge is 2.16. The lowest BCUT2D eigenvalue weighted by Gasteiger charge is -2.14. The van der Waals surface area contributed by atoms with E-state index in [0.717, 1.165) is 16.2 Å². The molecule has 0 bridgehead atoms. The third kappa shape index (κ3) is 3.18. The molecule has 0 radical (unpaired) electrons. The van der Waals surface area contributed by atoms with Gasteiger partial charge in [-0.15, -0.1) is 0 Å². The van der Waals surface area contributed by atoms with Gasteiger partial charge in [-0.1, -0.05) is 66.7 Å². The first-order valence-electron chi connectivity index (χ1n) is 8.44. The zero-order valence-corrected chi connectivity index (χ0v) is 14.3. The van der Waals surface area contributed by atoms with Gasteiger partial charge in [-0.2, -0.15) is 0 Å². The molecule has 4 rings (SSSR count). The molecule has 0 saturated heterocycles. The van der Waals surface area contributed by atoms with E-state index in [-0.39, 0.29) is 11.3 Å². The van der Waals surface area contributed by atoms with Gasteiger partial charge in [0.25, 0.3) is 0 Å². The van der Waals surface area contributed by atoms with Crippen molar-refractivity contribution in [2.45, 2.75) is 0 Å². The molecule has 27 heavy (non-hydrogen) atoms. The summed E-state index contributed by atoms with van der Waals surface area (Å²) in [7, 11) is 0. The van der Waals surface area contributed by atoms with E-state index in [4.69, 9.17) is 0 Å². The van der Waals surface area contributed by atoms with E-state index in [1.165, 1.54) is 6.07 Å². The van der Waals surface area contributed by atoms with Crippen molar-refractivity contribution in [3.63, 3.8) is 0 Å². The van der Waals surface area contributed by atoms with E-state index in [1.54, 1.807) is 12.1 Å². The Morgan fingerprint density at radius 1 is 0.667 bits per heavy atom. The van der Waals surface area contributed by atoms with Crippen molar-refractivity contribution in [3.8, 4) is 0 Å². The van der Waals surface area contributed by atoms with Crippen molar-refractivity contribution in [2.75, 3.05) is 10.6 Å². The molecule has 4 aromatic carbocycles. The van der Waals surface area contributed by atoms with E-state index in [9.17, 15) is 14.7 Å². The minimum absolute atomic E-state index is 0.0433. The highest BCUT2D eigenvalue weighted by molar-refractivity contribution is 6.14. The van der Waals surface area contributed by atoms with Crippen LogP contribution in [-0.4, -0.2) is 17.1 Å². The quantitative estimate of drug-likeness (QED) is 0.464. The lowest BCUT2D eigenvalue weighted by Crippen LogP contribution is -2.21. The van der Waals surface area contributed by atoms with Crippen molar-refractivity contribution in [2.24, 2.45) is 0 Å². The fraction of sp³-hybridized carbons (Fsp3) is 0. The highest BCUT2D eigenvalue weighted by atomic mass is 16.4. The van der Waals surface area contributed by atoms with Gasteiger partial charge < -0.3 is 15.7 Å². The van der Waals surface area contributed by atoms with Crippen molar-refractivity contribution in [1.82, 2.24) is 0 Å². The van der Waals surface area contributed by atoms with Crippen LogP contribution in [0.2, 0.25) is 0 Å². The number of anilines is 2. The normalized spacial score (nSPS) is 10.7.